The van der Waals surface area contributed by atoms with E-state index in [2.05, 4.69) is 27.1 Å². The molecular formula is C14H24N4O. The van der Waals surface area contributed by atoms with Gasteiger partial charge in [0.05, 0.1) is 0 Å². The predicted molar refractivity (Wildman–Crippen MR) is 77.6 cm³/mol. The molecule has 0 aliphatic carbocycles. The van der Waals surface area contributed by atoms with Crippen LogP contribution in [0.25, 0.3) is 0 Å². The van der Waals surface area contributed by atoms with Crippen molar-refractivity contribution in [2.75, 3.05) is 25.0 Å². The Hall–Kier alpha value is -1.36. The van der Waals surface area contributed by atoms with Crippen molar-refractivity contribution < 1.29 is 0 Å². The van der Waals surface area contributed by atoms with Crippen molar-refractivity contribution in [1.82, 2.24) is 14.9 Å². The number of aryl methyl sites for hydroxylation is 1. The van der Waals surface area contributed by atoms with Crippen LogP contribution >= 0.6 is 0 Å². The molecule has 0 saturated carbocycles. The Morgan fingerprint density at radius 3 is 2.84 bits per heavy atom. The van der Waals surface area contributed by atoms with E-state index in [1.165, 1.54) is 38.4 Å². The molecule has 0 aromatic carbocycles. The van der Waals surface area contributed by atoms with E-state index in [-0.39, 0.29) is 5.56 Å². The second kappa shape index (κ2) is 6.70. The van der Waals surface area contributed by atoms with Crippen LogP contribution in [0.4, 0.5) is 5.82 Å². The van der Waals surface area contributed by atoms with Gasteiger partial charge in [0.15, 0.2) is 0 Å². The van der Waals surface area contributed by atoms with E-state index in [0.717, 1.165) is 18.8 Å². The molecule has 1 saturated heterocycles. The zero-order valence-electron chi connectivity index (χ0n) is 11.9. The number of hydrogen-bond acceptors (Lipinski definition) is 4. The highest BCUT2D eigenvalue weighted by Gasteiger charge is 2.13. The average molecular weight is 264 g/mol. The minimum Gasteiger partial charge on any atom is -0.366 e. The standard InChI is InChI=1S/C14H24N4O/c1-3-12-16-13(9-14(19)17-12)15-11(2)10-18-7-5-4-6-8-18/h9,11H,3-8,10H2,1-2H3,(H2,15,16,17,19). The van der Waals surface area contributed by atoms with Gasteiger partial charge in [0, 0.05) is 25.1 Å². The molecule has 1 fully saturated rings. The third-order valence-electron chi connectivity index (χ3n) is 3.50. The molecule has 0 bridgehead atoms. The topological polar surface area (TPSA) is 61.0 Å². The number of nitrogens with zero attached hydrogens (tertiary/aromatic N) is 2. The molecular weight excluding hydrogens is 240 g/mol. The maximum atomic E-state index is 11.5. The number of likely N-dealkylation sites (tertiary alicyclic amines) is 1. The molecule has 0 amide bonds. The fourth-order valence-corrected chi connectivity index (χ4v) is 2.58. The molecule has 106 valence electrons. The van der Waals surface area contributed by atoms with Crippen LogP contribution in [0.3, 0.4) is 0 Å². The van der Waals surface area contributed by atoms with Gasteiger partial charge in [0.2, 0.25) is 0 Å². The number of nitrogens with one attached hydrogen (secondary N) is 2. The van der Waals surface area contributed by atoms with Crippen molar-refractivity contribution in [3.8, 4) is 0 Å². The van der Waals surface area contributed by atoms with Gasteiger partial charge < -0.3 is 15.2 Å². The smallest absolute Gasteiger partial charge is 0.252 e. The minimum absolute atomic E-state index is 0.0838. The first-order valence-corrected chi connectivity index (χ1v) is 7.26. The first-order valence-electron chi connectivity index (χ1n) is 7.26. The van der Waals surface area contributed by atoms with Crippen molar-refractivity contribution in [2.24, 2.45) is 0 Å². The predicted octanol–water partition coefficient (Wildman–Crippen LogP) is 1.62. The number of aromatic amines is 1. The fourth-order valence-electron chi connectivity index (χ4n) is 2.58. The van der Waals surface area contributed by atoms with Crippen LogP contribution in [0, 0.1) is 0 Å². The summed E-state index contributed by atoms with van der Waals surface area (Å²) in [6, 6.07) is 1.84. The minimum atomic E-state index is -0.0838. The summed E-state index contributed by atoms with van der Waals surface area (Å²) in [5.74, 6) is 1.42. The van der Waals surface area contributed by atoms with Crippen LogP contribution in [0.1, 0.15) is 38.9 Å². The average Bonchev–Trinajstić information content (AvgIpc) is 2.38. The van der Waals surface area contributed by atoms with E-state index in [1.807, 2.05) is 6.92 Å². The lowest BCUT2D eigenvalue weighted by Crippen LogP contribution is -2.38. The van der Waals surface area contributed by atoms with E-state index in [9.17, 15) is 4.79 Å². The zero-order valence-corrected chi connectivity index (χ0v) is 11.9. The van der Waals surface area contributed by atoms with Crippen molar-refractivity contribution in [1.29, 1.82) is 0 Å². The maximum absolute atomic E-state index is 11.5. The van der Waals surface area contributed by atoms with Gasteiger partial charge in [-0.1, -0.05) is 13.3 Å². The molecule has 1 aliphatic heterocycles. The number of rotatable bonds is 5. The Bertz CT molecular complexity index is 451. The number of anilines is 1. The highest BCUT2D eigenvalue weighted by molar-refractivity contribution is 5.34. The first-order chi connectivity index (χ1) is 9.17. The van der Waals surface area contributed by atoms with Crippen LogP contribution < -0.4 is 10.9 Å². The van der Waals surface area contributed by atoms with E-state index in [0.29, 0.717) is 11.9 Å². The molecule has 1 unspecified atom stereocenters. The largest absolute Gasteiger partial charge is 0.366 e. The molecule has 1 aromatic rings. The fraction of sp³-hybridized carbons (Fsp3) is 0.714. The third kappa shape index (κ3) is 4.35. The zero-order chi connectivity index (χ0) is 13.7. The highest BCUT2D eigenvalue weighted by atomic mass is 16.1. The van der Waals surface area contributed by atoms with Gasteiger partial charge in [-0.15, -0.1) is 0 Å². The lowest BCUT2D eigenvalue weighted by Gasteiger charge is -2.29. The van der Waals surface area contributed by atoms with Crippen LogP contribution in [0.2, 0.25) is 0 Å². The van der Waals surface area contributed by atoms with E-state index in [4.69, 9.17) is 0 Å². The maximum Gasteiger partial charge on any atom is 0.252 e. The molecule has 1 aliphatic rings. The molecule has 2 rings (SSSR count). The summed E-state index contributed by atoms with van der Waals surface area (Å²) in [7, 11) is 0. The van der Waals surface area contributed by atoms with E-state index >= 15 is 0 Å². The van der Waals surface area contributed by atoms with Crippen LogP contribution in [-0.2, 0) is 6.42 Å². The summed E-state index contributed by atoms with van der Waals surface area (Å²) in [6.45, 7) is 7.52. The summed E-state index contributed by atoms with van der Waals surface area (Å²) in [6.07, 6.45) is 4.70. The molecule has 2 heterocycles. The van der Waals surface area contributed by atoms with Gasteiger partial charge in [-0.25, -0.2) is 4.98 Å². The molecule has 2 N–H and O–H groups in total. The van der Waals surface area contributed by atoms with Crippen molar-refractivity contribution in [3.05, 3.63) is 22.2 Å². The summed E-state index contributed by atoms with van der Waals surface area (Å²) < 4.78 is 0. The Kier molecular flexibility index (Phi) is 4.96. The molecule has 5 heteroatoms. The SMILES string of the molecule is CCc1nc(NC(C)CN2CCCCC2)cc(=O)[nH]1. The molecule has 0 spiro atoms. The second-order valence-corrected chi connectivity index (χ2v) is 5.34. The lowest BCUT2D eigenvalue weighted by atomic mass is 10.1. The number of aromatic nitrogens is 2. The van der Waals surface area contributed by atoms with Crippen LogP contribution in [-0.4, -0.2) is 40.5 Å². The van der Waals surface area contributed by atoms with Gasteiger partial charge in [0.1, 0.15) is 11.6 Å². The van der Waals surface area contributed by atoms with Gasteiger partial charge >= 0.3 is 0 Å². The molecule has 19 heavy (non-hydrogen) atoms. The Balaban J connectivity index is 1.92. The van der Waals surface area contributed by atoms with Crippen molar-refractivity contribution >= 4 is 5.82 Å². The lowest BCUT2D eigenvalue weighted by molar-refractivity contribution is 0.223. The van der Waals surface area contributed by atoms with Gasteiger partial charge in [-0.2, -0.15) is 0 Å². The molecule has 1 aromatic heterocycles. The third-order valence-corrected chi connectivity index (χ3v) is 3.50. The summed E-state index contributed by atoms with van der Waals surface area (Å²) in [5, 5.41) is 3.33. The normalized spacial score (nSPS) is 18.2. The van der Waals surface area contributed by atoms with Crippen LogP contribution in [0.5, 0.6) is 0 Å². The highest BCUT2D eigenvalue weighted by Crippen LogP contribution is 2.10. The summed E-state index contributed by atoms with van der Waals surface area (Å²) in [5.41, 5.74) is -0.0838. The van der Waals surface area contributed by atoms with Crippen molar-refractivity contribution in [3.63, 3.8) is 0 Å². The first kappa shape index (κ1) is 14.1. The van der Waals surface area contributed by atoms with Crippen LogP contribution in [0.15, 0.2) is 10.9 Å². The Morgan fingerprint density at radius 2 is 2.16 bits per heavy atom. The molecule has 0 radical (unpaired) electrons. The van der Waals surface area contributed by atoms with Gasteiger partial charge in [-0.3, -0.25) is 4.79 Å². The number of hydrogen-bond donors (Lipinski definition) is 2. The molecule has 1 atom stereocenters. The number of H-pyrrole nitrogens is 1. The summed E-state index contributed by atoms with van der Waals surface area (Å²) in [4.78, 5) is 21.1. The Morgan fingerprint density at radius 1 is 1.42 bits per heavy atom. The second-order valence-electron chi connectivity index (χ2n) is 5.34. The Labute approximate surface area is 114 Å². The van der Waals surface area contributed by atoms with Gasteiger partial charge in [0.25, 0.3) is 5.56 Å². The monoisotopic (exact) mass is 264 g/mol. The van der Waals surface area contributed by atoms with Crippen molar-refractivity contribution in [2.45, 2.75) is 45.6 Å². The summed E-state index contributed by atoms with van der Waals surface area (Å²) >= 11 is 0. The molecule has 5 nitrogen and oxygen atoms in total. The van der Waals surface area contributed by atoms with E-state index in [1.54, 1.807) is 0 Å². The van der Waals surface area contributed by atoms with Gasteiger partial charge in [-0.05, 0) is 32.9 Å². The quantitative estimate of drug-likeness (QED) is 0.848. The number of piperidine rings is 1. The van der Waals surface area contributed by atoms with E-state index < -0.39 is 0 Å².